The van der Waals surface area contributed by atoms with Crippen LogP contribution in [0.2, 0.25) is 18.1 Å². The van der Waals surface area contributed by atoms with Crippen molar-refractivity contribution in [2.75, 3.05) is 26.2 Å². The number of carbonyl (C=O) groups excluding carboxylic acids is 1. The normalized spacial score (nSPS) is 19.6. The molecule has 1 aromatic rings. The van der Waals surface area contributed by atoms with Gasteiger partial charge in [-0.15, -0.1) is 0 Å². The van der Waals surface area contributed by atoms with Crippen molar-refractivity contribution in [1.29, 1.82) is 0 Å². The lowest BCUT2D eigenvalue weighted by molar-refractivity contribution is -0.144. The van der Waals surface area contributed by atoms with E-state index in [-0.39, 0.29) is 22.9 Å². The molecule has 1 aromatic carbocycles. The van der Waals surface area contributed by atoms with E-state index in [2.05, 4.69) is 43.9 Å². The number of hydrogen-bond donors (Lipinski definition) is 2. The third kappa shape index (κ3) is 7.32. The van der Waals surface area contributed by atoms with E-state index in [1.807, 2.05) is 31.2 Å². The van der Waals surface area contributed by atoms with Crippen molar-refractivity contribution >= 4 is 20.1 Å². The van der Waals surface area contributed by atoms with Crippen LogP contribution in [0.1, 0.15) is 64.2 Å². The fourth-order valence-electron chi connectivity index (χ4n) is 3.84. The van der Waals surface area contributed by atoms with Gasteiger partial charge in [0, 0.05) is 25.1 Å². The number of benzene rings is 1. The van der Waals surface area contributed by atoms with Gasteiger partial charge in [0.25, 0.3) is 0 Å². The van der Waals surface area contributed by atoms with Gasteiger partial charge in [-0.2, -0.15) is 0 Å². The van der Waals surface area contributed by atoms with Crippen molar-refractivity contribution in [3.8, 4) is 0 Å². The summed E-state index contributed by atoms with van der Waals surface area (Å²) in [6.07, 6.45) is 2.52. The number of piperidine rings is 1. The number of likely N-dealkylation sites (tertiary alicyclic amines) is 1. The van der Waals surface area contributed by atoms with Gasteiger partial charge in [0.1, 0.15) is 0 Å². The zero-order chi connectivity index (χ0) is 23.9. The van der Waals surface area contributed by atoms with E-state index in [9.17, 15) is 4.79 Å². The van der Waals surface area contributed by atoms with Crippen LogP contribution in [0.25, 0.3) is 0 Å². The van der Waals surface area contributed by atoms with Crippen molar-refractivity contribution in [1.82, 2.24) is 4.90 Å². The van der Waals surface area contributed by atoms with Crippen molar-refractivity contribution in [2.24, 2.45) is 16.8 Å². The quantitative estimate of drug-likeness (QED) is 0.140. The van der Waals surface area contributed by atoms with E-state index >= 15 is 0 Å². The molecule has 8 heteroatoms. The molecule has 1 aliphatic rings. The van der Waals surface area contributed by atoms with Crippen LogP contribution in [-0.2, 0) is 14.0 Å². The largest absolute Gasteiger partial charge is 0.466 e. The average Bonchev–Trinajstić information content (AvgIpc) is 2.72. The van der Waals surface area contributed by atoms with E-state index in [1.165, 1.54) is 0 Å². The highest BCUT2D eigenvalue weighted by Gasteiger charge is 2.40. The molecule has 0 saturated carbocycles. The molecular weight excluding hydrogens is 422 g/mol. The SMILES string of the molecule is CCOC(=O)C[C@H]1CCCN(C[C@H](O[Si](C)(C)C(C)(C)C)c2ccc(/C(N)=N/O)cc2)C1. The minimum Gasteiger partial charge on any atom is -0.466 e. The van der Waals surface area contributed by atoms with Gasteiger partial charge in [0.05, 0.1) is 12.7 Å². The summed E-state index contributed by atoms with van der Waals surface area (Å²) < 4.78 is 12.0. The van der Waals surface area contributed by atoms with Crippen molar-refractivity contribution in [3.05, 3.63) is 35.4 Å². The van der Waals surface area contributed by atoms with Crippen LogP contribution in [0, 0.1) is 5.92 Å². The van der Waals surface area contributed by atoms with Crippen LogP contribution in [0.3, 0.4) is 0 Å². The number of esters is 1. The molecule has 3 N–H and O–H groups in total. The van der Waals surface area contributed by atoms with E-state index in [0.29, 0.717) is 24.5 Å². The first kappa shape index (κ1) is 26.4. The summed E-state index contributed by atoms with van der Waals surface area (Å²) in [5.41, 5.74) is 7.49. The molecule has 0 amide bonds. The zero-order valence-corrected chi connectivity index (χ0v) is 21.6. The molecule has 1 saturated heterocycles. The predicted octanol–water partition coefficient (Wildman–Crippen LogP) is 4.51. The Morgan fingerprint density at radius 3 is 2.53 bits per heavy atom. The smallest absolute Gasteiger partial charge is 0.306 e. The lowest BCUT2D eigenvalue weighted by Crippen LogP contribution is -2.45. The molecule has 1 aliphatic heterocycles. The maximum Gasteiger partial charge on any atom is 0.306 e. The highest BCUT2D eigenvalue weighted by molar-refractivity contribution is 6.74. The van der Waals surface area contributed by atoms with Gasteiger partial charge in [-0.3, -0.25) is 4.79 Å². The van der Waals surface area contributed by atoms with Crippen LogP contribution in [0.4, 0.5) is 0 Å². The molecule has 2 atom stereocenters. The molecule has 1 heterocycles. The van der Waals surface area contributed by atoms with Gasteiger partial charge < -0.3 is 25.0 Å². The molecule has 0 bridgehead atoms. The highest BCUT2D eigenvalue weighted by Crippen LogP contribution is 2.40. The van der Waals surface area contributed by atoms with Crippen molar-refractivity contribution in [3.63, 3.8) is 0 Å². The van der Waals surface area contributed by atoms with Gasteiger partial charge in [0.15, 0.2) is 14.2 Å². The minimum absolute atomic E-state index is 0.0847. The number of hydrogen-bond acceptors (Lipinski definition) is 6. The summed E-state index contributed by atoms with van der Waals surface area (Å²) in [7, 11) is -2.02. The molecule has 32 heavy (non-hydrogen) atoms. The number of rotatable bonds is 9. The van der Waals surface area contributed by atoms with Crippen LogP contribution in [0.15, 0.2) is 29.4 Å². The highest BCUT2D eigenvalue weighted by atomic mass is 28.4. The molecule has 2 rings (SSSR count). The standard InChI is InChI=1S/C24H41N3O4Si/c1-7-30-22(28)15-18-9-8-14-27(16-18)17-21(31-32(5,6)24(2,3)4)19-10-12-20(13-11-19)23(25)26-29/h10-13,18,21,29H,7-9,14-17H2,1-6H3,(H2,25,26)/t18-,21+/m1/s1. The maximum absolute atomic E-state index is 12.0. The average molecular weight is 464 g/mol. The Morgan fingerprint density at radius 2 is 1.97 bits per heavy atom. The second kappa shape index (κ2) is 11.3. The molecule has 0 unspecified atom stereocenters. The van der Waals surface area contributed by atoms with Crippen LogP contribution in [-0.4, -0.2) is 56.5 Å². The molecule has 0 aliphatic carbocycles. The third-order valence-electron chi connectivity index (χ3n) is 6.72. The molecule has 0 radical (unpaired) electrons. The molecular formula is C24H41N3O4Si. The summed E-state index contributed by atoms with van der Waals surface area (Å²) >= 11 is 0. The Hall–Kier alpha value is -1.90. The molecule has 180 valence electrons. The first-order valence-electron chi connectivity index (χ1n) is 11.6. The Morgan fingerprint density at radius 1 is 1.31 bits per heavy atom. The third-order valence-corrected chi connectivity index (χ3v) is 11.2. The monoisotopic (exact) mass is 463 g/mol. The number of ether oxygens (including phenoxy) is 1. The molecule has 0 aromatic heterocycles. The number of nitrogens with two attached hydrogens (primary N) is 1. The molecule has 0 spiro atoms. The van der Waals surface area contributed by atoms with Crippen LogP contribution in [0.5, 0.6) is 0 Å². The Kier molecular flexibility index (Phi) is 9.30. The first-order chi connectivity index (χ1) is 15.0. The topological polar surface area (TPSA) is 97.4 Å². The minimum atomic E-state index is -2.02. The predicted molar refractivity (Wildman–Crippen MR) is 130 cm³/mol. The van der Waals surface area contributed by atoms with E-state index in [4.69, 9.17) is 20.1 Å². The Balaban J connectivity index is 2.20. The molecule has 1 fully saturated rings. The summed E-state index contributed by atoms with van der Waals surface area (Å²) in [6.45, 7) is 16.2. The summed E-state index contributed by atoms with van der Waals surface area (Å²) in [6, 6.07) is 7.74. The van der Waals surface area contributed by atoms with Crippen LogP contribution < -0.4 is 5.73 Å². The zero-order valence-electron chi connectivity index (χ0n) is 20.6. The number of carbonyl (C=O) groups is 1. The lowest BCUT2D eigenvalue weighted by Gasteiger charge is -2.42. The summed E-state index contributed by atoms with van der Waals surface area (Å²) in [5.74, 6) is 0.308. The van der Waals surface area contributed by atoms with Gasteiger partial charge >= 0.3 is 5.97 Å². The fourth-order valence-corrected chi connectivity index (χ4v) is 5.12. The maximum atomic E-state index is 12.0. The van der Waals surface area contributed by atoms with E-state index in [1.54, 1.807) is 0 Å². The Labute approximate surface area is 194 Å². The van der Waals surface area contributed by atoms with E-state index < -0.39 is 8.32 Å². The van der Waals surface area contributed by atoms with Gasteiger partial charge in [-0.25, -0.2) is 0 Å². The Bertz CT molecular complexity index is 774. The van der Waals surface area contributed by atoms with Crippen molar-refractivity contribution in [2.45, 2.75) is 71.2 Å². The summed E-state index contributed by atoms with van der Waals surface area (Å²) in [5, 5.41) is 12.1. The van der Waals surface area contributed by atoms with E-state index in [0.717, 1.165) is 38.0 Å². The second-order valence-electron chi connectivity index (χ2n) is 10.3. The fraction of sp³-hybridized carbons (Fsp3) is 0.667. The second-order valence-corrected chi connectivity index (χ2v) is 15.0. The lowest BCUT2D eigenvalue weighted by atomic mass is 9.94. The van der Waals surface area contributed by atoms with Gasteiger partial charge in [-0.05, 0) is 55.9 Å². The van der Waals surface area contributed by atoms with Gasteiger partial charge in [-0.1, -0.05) is 50.2 Å². The number of amidine groups is 1. The van der Waals surface area contributed by atoms with Gasteiger partial charge in [0.2, 0.25) is 0 Å². The van der Waals surface area contributed by atoms with Crippen molar-refractivity contribution < 1.29 is 19.2 Å². The summed E-state index contributed by atoms with van der Waals surface area (Å²) in [4.78, 5) is 14.4. The molecule has 7 nitrogen and oxygen atoms in total. The number of nitrogens with zero attached hydrogens (tertiary/aromatic N) is 2. The number of oxime groups is 1. The first-order valence-corrected chi connectivity index (χ1v) is 14.5. The van der Waals surface area contributed by atoms with Crippen LogP contribution >= 0.6 is 0 Å².